The number of carbonyl (C=O) groups excluding carboxylic acids is 2. The van der Waals surface area contributed by atoms with E-state index in [2.05, 4.69) is 14.8 Å². The number of anilines is 1. The molecule has 0 bridgehead atoms. The van der Waals surface area contributed by atoms with Crippen LogP contribution in [0.3, 0.4) is 0 Å². The number of rotatable bonds is 10. The lowest BCUT2D eigenvalue weighted by Crippen LogP contribution is -2.46. The summed E-state index contributed by atoms with van der Waals surface area (Å²) >= 11 is 0. The normalized spacial score (nSPS) is 12.5. The Morgan fingerprint density at radius 3 is 2.22 bits per heavy atom. The molecule has 0 spiro atoms. The number of hydrogen-bond acceptors (Lipinski definition) is 6. The lowest BCUT2D eigenvalue weighted by Gasteiger charge is -2.21. The number of alkyl halides is 2. The fourth-order valence-electron chi connectivity index (χ4n) is 2.49. The van der Waals surface area contributed by atoms with Gasteiger partial charge in [-0.25, -0.2) is 12.8 Å². The Kier molecular flexibility index (Phi) is 8.61. The predicted octanol–water partition coefficient (Wildman–Crippen LogP) is 2.91. The van der Waals surface area contributed by atoms with E-state index < -0.39 is 57.8 Å². The van der Waals surface area contributed by atoms with Crippen molar-refractivity contribution in [1.29, 1.82) is 0 Å². The van der Waals surface area contributed by atoms with Gasteiger partial charge in [0.1, 0.15) is 22.5 Å². The van der Waals surface area contributed by atoms with Crippen molar-refractivity contribution in [2.24, 2.45) is 5.92 Å². The minimum Gasteiger partial charge on any atom is -0.454 e. The first-order valence-electron chi connectivity index (χ1n) is 9.28. The minimum absolute atomic E-state index is 0.105. The summed E-state index contributed by atoms with van der Waals surface area (Å²) in [4.78, 5) is 23.7. The molecule has 0 heterocycles. The SMILES string of the molecule is CC(C)[C@H](NS(=O)(=O)c1ccccc1F)C(=O)OCC(=O)Nc1ccc(OC(F)F)cc1. The molecule has 0 saturated carbocycles. The van der Waals surface area contributed by atoms with Crippen molar-refractivity contribution in [3.63, 3.8) is 0 Å². The van der Waals surface area contributed by atoms with Crippen LogP contribution in [-0.4, -0.2) is 39.6 Å². The van der Waals surface area contributed by atoms with Crippen LogP contribution in [0.1, 0.15) is 13.8 Å². The largest absolute Gasteiger partial charge is 0.454 e. The fourth-order valence-corrected chi connectivity index (χ4v) is 3.91. The monoisotopic (exact) mass is 474 g/mol. The highest BCUT2D eigenvalue weighted by atomic mass is 32.2. The highest BCUT2D eigenvalue weighted by Gasteiger charge is 2.31. The van der Waals surface area contributed by atoms with Crippen LogP contribution in [-0.2, 0) is 24.3 Å². The third-order valence-corrected chi connectivity index (χ3v) is 5.51. The van der Waals surface area contributed by atoms with Gasteiger partial charge in [0, 0.05) is 5.69 Å². The van der Waals surface area contributed by atoms with Crippen LogP contribution in [0.2, 0.25) is 0 Å². The lowest BCUT2D eigenvalue weighted by molar-refractivity contribution is -0.150. The molecular weight excluding hydrogens is 453 g/mol. The van der Waals surface area contributed by atoms with E-state index >= 15 is 0 Å². The number of nitrogens with one attached hydrogen (secondary N) is 2. The van der Waals surface area contributed by atoms with E-state index in [4.69, 9.17) is 4.74 Å². The van der Waals surface area contributed by atoms with Crippen molar-refractivity contribution >= 4 is 27.6 Å². The Bertz CT molecular complexity index is 1050. The van der Waals surface area contributed by atoms with Crippen LogP contribution in [0.15, 0.2) is 53.4 Å². The van der Waals surface area contributed by atoms with Gasteiger partial charge in [0.15, 0.2) is 6.61 Å². The smallest absolute Gasteiger partial charge is 0.387 e. The van der Waals surface area contributed by atoms with E-state index in [0.29, 0.717) is 0 Å². The summed E-state index contributed by atoms with van der Waals surface area (Å²) < 4.78 is 74.2. The van der Waals surface area contributed by atoms with Gasteiger partial charge in [-0.2, -0.15) is 13.5 Å². The maximum Gasteiger partial charge on any atom is 0.387 e. The third-order valence-electron chi connectivity index (χ3n) is 4.04. The summed E-state index contributed by atoms with van der Waals surface area (Å²) in [6, 6.07) is 8.31. The second-order valence-electron chi connectivity index (χ2n) is 6.83. The molecule has 12 heteroatoms. The van der Waals surface area contributed by atoms with E-state index in [9.17, 15) is 31.2 Å². The number of amides is 1. The summed E-state index contributed by atoms with van der Waals surface area (Å²) in [6.45, 7) is -0.643. The first-order chi connectivity index (χ1) is 15.0. The number of hydrogen-bond donors (Lipinski definition) is 2. The van der Waals surface area contributed by atoms with Crippen LogP contribution in [0.25, 0.3) is 0 Å². The van der Waals surface area contributed by atoms with Gasteiger partial charge in [-0.1, -0.05) is 26.0 Å². The summed E-state index contributed by atoms with van der Waals surface area (Å²) in [6.07, 6.45) is 0. The second-order valence-corrected chi connectivity index (χ2v) is 8.51. The number of benzene rings is 2. The Hall–Kier alpha value is -3.12. The molecule has 0 aliphatic rings. The zero-order chi connectivity index (χ0) is 23.9. The average Bonchev–Trinajstić information content (AvgIpc) is 2.71. The number of halogens is 3. The highest BCUT2D eigenvalue weighted by Crippen LogP contribution is 2.18. The summed E-state index contributed by atoms with van der Waals surface area (Å²) in [5.41, 5.74) is 0.230. The molecule has 8 nitrogen and oxygen atoms in total. The predicted molar refractivity (Wildman–Crippen MR) is 108 cm³/mol. The van der Waals surface area contributed by atoms with Crippen LogP contribution in [0.5, 0.6) is 5.75 Å². The maximum atomic E-state index is 13.9. The minimum atomic E-state index is -4.37. The molecular formula is C20H21F3N2O6S. The van der Waals surface area contributed by atoms with Crippen LogP contribution in [0.4, 0.5) is 18.9 Å². The highest BCUT2D eigenvalue weighted by molar-refractivity contribution is 7.89. The molecule has 0 aliphatic carbocycles. The topological polar surface area (TPSA) is 111 Å². The molecule has 174 valence electrons. The Labute approximate surface area is 182 Å². The van der Waals surface area contributed by atoms with Crippen molar-refractivity contribution in [3.8, 4) is 5.75 Å². The van der Waals surface area contributed by atoms with Gasteiger partial charge in [-0.15, -0.1) is 0 Å². The van der Waals surface area contributed by atoms with Crippen molar-refractivity contribution in [2.75, 3.05) is 11.9 Å². The molecule has 0 aromatic heterocycles. The van der Waals surface area contributed by atoms with Crippen LogP contribution in [0, 0.1) is 11.7 Å². The van der Waals surface area contributed by atoms with Gasteiger partial charge in [-0.05, 0) is 42.3 Å². The molecule has 2 N–H and O–H groups in total. The zero-order valence-electron chi connectivity index (χ0n) is 17.0. The Morgan fingerprint density at radius 2 is 1.66 bits per heavy atom. The van der Waals surface area contributed by atoms with Crippen molar-refractivity contribution < 1.29 is 40.7 Å². The van der Waals surface area contributed by atoms with Crippen LogP contribution < -0.4 is 14.8 Å². The van der Waals surface area contributed by atoms with E-state index in [1.165, 1.54) is 36.4 Å². The maximum absolute atomic E-state index is 13.9. The zero-order valence-corrected chi connectivity index (χ0v) is 17.9. The van der Waals surface area contributed by atoms with E-state index in [-0.39, 0.29) is 11.4 Å². The third kappa shape index (κ3) is 7.24. The standard InChI is InChI=1S/C20H21F3N2O6S/c1-12(2)18(25-32(28,29)16-6-4-3-5-15(16)21)19(27)30-11-17(26)24-13-7-9-14(10-8-13)31-20(22)23/h3-10,12,18,20,25H,11H2,1-2H3,(H,24,26)/t18-/m0/s1. The van der Waals surface area contributed by atoms with Crippen LogP contribution >= 0.6 is 0 Å². The lowest BCUT2D eigenvalue weighted by atomic mass is 10.1. The van der Waals surface area contributed by atoms with Gasteiger partial charge in [-0.3, -0.25) is 9.59 Å². The average molecular weight is 474 g/mol. The molecule has 0 fully saturated rings. The van der Waals surface area contributed by atoms with E-state index in [1.54, 1.807) is 13.8 Å². The van der Waals surface area contributed by atoms with E-state index in [0.717, 1.165) is 12.1 Å². The summed E-state index contributed by atoms with van der Waals surface area (Å²) in [7, 11) is -4.37. The quantitative estimate of drug-likeness (QED) is 0.513. The van der Waals surface area contributed by atoms with Gasteiger partial charge in [0.2, 0.25) is 10.0 Å². The molecule has 1 atom stereocenters. The molecule has 2 aromatic carbocycles. The second kappa shape index (κ2) is 11.0. The Balaban J connectivity index is 1.96. The molecule has 0 unspecified atom stereocenters. The molecule has 2 aromatic rings. The Morgan fingerprint density at radius 1 is 1.03 bits per heavy atom. The first-order valence-corrected chi connectivity index (χ1v) is 10.8. The number of carbonyl (C=O) groups is 2. The van der Waals surface area contributed by atoms with Gasteiger partial charge >= 0.3 is 12.6 Å². The number of ether oxygens (including phenoxy) is 2. The molecule has 0 radical (unpaired) electrons. The fraction of sp³-hybridized carbons (Fsp3) is 0.300. The van der Waals surface area contributed by atoms with E-state index in [1.807, 2.05) is 0 Å². The molecule has 2 rings (SSSR count). The first kappa shape index (κ1) is 25.1. The summed E-state index contributed by atoms with van der Waals surface area (Å²) in [5.74, 6) is -3.45. The van der Waals surface area contributed by atoms with Gasteiger partial charge in [0.25, 0.3) is 5.91 Å². The summed E-state index contributed by atoms with van der Waals surface area (Å²) in [5, 5.41) is 2.38. The van der Waals surface area contributed by atoms with Crippen molar-refractivity contribution in [2.45, 2.75) is 31.4 Å². The number of sulfonamides is 1. The molecule has 0 saturated heterocycles. The molecule has 32 heavy (non-hydrogen) atoms. The number of esters is 1. The van der Waals surface area contributed by atoms with Gasteiger partial charge in [0.05, 0.1) is 0 Å². The molecule has 1 amide bonds. The van der Waals surface area contributed by atoms with Gasteiger partial charge < -0.3 is 14.8 Å². The molecule has 0 aliphatic heterocycles. The van der Waals surface area contributed by atoms with Crippen molar-refractivity contribution in [1.82, 2.24) is 4.72 Å². The van der Waals surface area contributed by atoms with Crippen molar-refractivity contribution in [3.05, 3.63) is 54.3 Å².